The first-order valence-electron chi connectivity index (χ1n) is 5.38. The van der Waals surface area contributed by atoms with Gasteiger partial charge in [0.25, 0.3) is 6.43 Å². The third kappa shape index (κ3) is 2.97. The molecule has 2 heterocycles. The summed E-state index contributed by atoms with van der Waals surface area (Å²) < 4.78 is 25.0. The highest BCUT2D eigenvalue weighted by molar-refractivity contribution is 5.54. The Labute approximate surface area is 103 Å². The highest BCUT2D eigenvalue weighted by Gasteiger charge is 2.09. The van der Waals surface area contributed by atoms with Crippen molar-refractivity contribution < 1.29 is 8.78 Å². The fourth-order valence-corrected chi connectivity index (χ4v) is 1.59. The first-order valence-corrected chi connectivity index (χ1v) is 5.38. The van der Waals surface area contributed by atoms with Gasteiger partial charge in [0.15, 0.2) is 0 Å². The monoisotopic (exact) mass is 250 g/mol. The maximum atomic E-state index is 12.5. The maximum absolute atomic E-state index is 12.5. The summed E-state index contributed by atoms with van der Waals surface area (Å²) in [5.74, 6) is 0.151. The van der Waals surface area contributed by atoms with Crippen LogP contribution in [0.3, 0.4) is 0 Å². The molecule has 0 atom stereocenters. The van der Waals surface area contributed by atoms with Crippen molar-refractivity contribution in [1.29, 1.82) is 0 Å². The lowest BCUT2D eigenvalue weighted by Crippen LogP contribution is -2.01. The Morgan fingerprint density at radius 3 is 2.39 bits per heavy atom. The molecule has 2 aromatic heterocycles. The predicted octanol–water partition coefficient (Wildman–Crippen LogP) is 3.17. The molecule has 0 aliphatic rings. The van der Waals surface area contributed by atoms with Gasteiger partial charge in [-0.15, -0.1) is 0 Å². The Kier molecular flexibility index (Phi) is 3.45. The van der Waals surface area contributed by atoms with Crippen molar-refractivity contribution in [2.45, 2.75) is 20.3 Å². The number of anilines is 2. The van der Waals surface area contributed by atoms with Crippen LogP contribution in [-0.4, -0.2) is 15.0 Å². The van der Waals surface area contributed by atoms with Crippen LogP contribution in [0.4, 0.5) is 20.4 Å². The largest absolute Gasteiger partial charge is 0.324 e. The van der Waals surface area contributed by atoms with Gasteiger partial charge < -0.3 is 5.32 Å². The second kappa shape index (κ2) is 5.03. The van der Waals surface area contributed by atoms with Gasteiger partial charge in [0, 0.05) is 23.3 Å². The first kappa shape index (κ1) is 12.3. The van der Waals surface area contributed by atoms with Crippen LogP contribution >= 0.6 is 0 Å². The molecule has 0 radical (unpaired) electrons. The summed E-state index contributed by atoms with van der Waals surface area (Å²) in [5, 5.41) is 2.89. The van der Waals surface area contributed by atoms with E-state index < -0.39 is 6.43 Å². The Morgan fingerprint density at radius 2 is 1.78 bits per heavy atom. The van der Waals surface area contributed by atoms with Crippen LogP contribution in [0.15, 0.2) is 24.4 Å². The van der Waals surface area contributed by atoms with Gasteiger partial charge in [0.05, 0.1) is 0 Å². The molecule has 0 fully saturated rings. The molecule has 4 nitrogen and oxygen atoms in total. The number of alkyl halides is 2. The second-order valence-electron chi connectivity index (χ2n) is 3.87. The van der Waals surface area contributed by atoms with Crippen LogP contribution in [0, 0.1) is 13.8 Å². The third-order valence-corrected chi connectivity index (χ3v) is 2.24. The molecule has 0 unspecified atom stereocenters. The Hall–Kier alpha value is -2.11. The zero-order chi connectivity index (χ0) is 13.1. The van der Waals surface area contributed by atoms with E-state index in [0.717, 1.165) is 17.1 Å². The molecule has 0 aromatic carbocycles. The van der Waals surface area contributed by atoms with Crippen molar-refractivity contribution in [2.75, 3.05) is 5.32 Å². The lowest BCUT2D eigenvalue weighted by atomic mass is 10.3. The lowest BCUT2D eigenvalue weighted by Gasteiger charge is -2.07. The van der Waals surface area contributed by atoms with E-state index in [9.17, 15) is 8.78 Å². The predicted molar refractivity (Wildman–Crippen MR) is 64.0 cm³/mol. The lowest BCUT2D eigenvalue weighted by molar-refractivity contribution is 0.146. The van der Waals surface area contributed by atoms with Crippen molar-refractivity contribution in [2.24, 2.45) is 0 Å². The van der Waals surface area contributed by atoms with Crippen LogP contribution in [-0.2, 0) is 0 Å². The number of aromatic nitrogens is 3. The summed E-state index contributed by atoms with van der Waals surface area (Å²) in [7, 11) is 0. The van der Waals surface area contributed by atoms with Crippen LogP contribution in [0.5, 0.6) is 0 Å². The van der Waals surface area contributed by atoms with E-state index in [2.05, 4.69) is 20.3 Å². The molecule has 0 saturated carbocycles. The number of rotatable bonds is 3. The van der Waals surface area contributed by atoms with E-state index in [1.54, 1.807) is 12.1 Å². The molecule has 0 aliphatic heterocycles. The number of aryl methyl sites for hydroxylation is 2. The van der Waals surface area contributed by atoms with E-state index in [-0.39, 0.29) is 11.6 Å². The summed E-state index contributed by atoms with van der Waals surface area (Å²) in [6.45, 7) is 3.71. The van der Waals surface area contributed by atoms with Crippen LogP contribution < -0.4 is 5.32 Å². The van der Waals surface area contributed by atoms with Crippen molar-refractivity contribution >= 4 is 11.6 Å². The molecule has 94 valence electrons. The van der Waals surface area contributed by atoms with Crippen molar-refractivity contribution in [3.05, 3.63) is 41.5 Å². The quantitative estimate of drug-likeness (QED) is 0.909. The molecule has 0 aliphatic carbocycles. The number of halogens is 2. The zero-order valence-corrected chi connectivity index (χ0v) is 9.98. The molecule has 0 saturated heterocycles. The van der Waals surface area contributed by atoms with Crippen molar-refractivity contribution in [3.8, 4) is 0 Å². The zero-order valence-electron chi connectivity index (χ0n) is 9.98. The average Bonchev–Trinajstić information content (AvgIpc) is 2.27. The fourth-order valence-electron chi connectivity index (χ4n) is 1.59. The molecule has 2 aromatic rings. The van der Waals surface area contributed by atoms with Crippen molar-refractivity contribution in [1.82, 2.24) is 15.0 Å². The van der Waals surface area contributed by atoms with Gasteiger partial charge >= 0.3 is 0 Å². The standard InChI is InChI=1S/C12H12F2N4/c1-7-5-9(6-8(2)16-7)17-12-15-4-3-10(18-12)11(13)14/h3-6,11H,1-2H3,(H,15,16,17,18). The molecular formula is C12H12F2N4. The van der Waals surface area contributed by atoms with Crippen LogP contribution in [0.25, 0.3) is 0 Å². The first-order chi connectivity index (χ1) is 8.54. The molecule has 1 N–H and O–H groups in total. The molecule has 18 heavy (non-hydrogen) atoms. The summed E-state index contributed by atoms with van der Waals surface area (Å²) >= 11 is 0. The third-order valence-electron chi connectivity index (χ3n) is 2.24. The normalized spacial score (nSPS) is 10.7. The summed E-state index contributed by atoms with van der Waals surface area (Å²) in [6, 6.07) is 4.79. The van der Waals surface area contributed by atoms with Gasteiger partial charge in [-0.25, -0.2) is 18.7 Å². The summed E-state index contributed by atoms with van der Waals surface area (Å²) in [4.78, 5) is 11.9. The summed E-state index contributed by atoms with van der Waals surface area (Å²) in [6.07, 6.45) is -1.30. The van der Waals surface area contributed by atoms with Gasteiger partial charge in [-0.1, -0.05) is 0 Å². The Bertz CT molecular complexity index is 537. The highest BCUT2D eigenvalue weighted by atomic mass is 19.3. The number of pyridine rings is 1. The Balaban J connectivity index is 2.25. The summed E-state index contributed by atoms with van der Waals surface area (Å²) in [5.41, 5.74) is 2.10. The van der Waals surface area contributed by atoms with E-state index in [1.165, 1.54) is 12.3 Å². The van der Waals surface area contributed by atoms with E-state index in [1.807, 2.05) is 13.8 Å². The van der Waals surface area contributed by atoms with Crippen LogP contribution in [0.1, 0.15) is 23.5 Å². The van der Waals surface area contributed by atoms with Crippen LogP contribution in [0.2, 0.25) is 0 Å². The average molecular weight is 250 g/mol. The fraction of sp³-hybridized carbons (Fsp3) is 0.250. The van der Waals surface area contributed by atoms with Gasteiger partial charge in [0.2, 0.25) is 5.95 Å². The molecule has 2 rings (SSSR count). The minimum Gasteiger partial charge on any atom is -0.324 e. The highest BCUT2D eigenvalue weighted by Crippen LogP contribution is 2.19. The molecular weight excluding hydrogens is 238 g/mol. The van der Waals surface area contributed by atoms with E-state index in [4.69, 9.17) is 0 Å². The minimum atomic E-state index is -2.60. The van der Waals surface area contributed by atoms with Gasteiger partial charge in [-0.05, 0) is 32.0 Å². The molecule has 6 heteroatoms. The maximum Gasteiger partial charge on any atom is 0.280 e. The number of hydrogen-bond donors (Lipinski definition) is 1. The van der Waals surface area contributed by atoms with Gasteiger partial charge in [-0.3, -0.25) is 4.98 Å². The topological polar surface area (TPSA) is 50.7 Å². The molecule has 0 spiro atoms. The van der Waals surface area contributed by atoms with Crippen molar-refractivity contribution in [3.63, 3.8) is 0 Å². The number of nitrogens with zero attached hydrogens (tertiary/aromatic N) is 3. The number of hydrogen-bond acceptors (Lipinski definition) is 4. The van der Waals surface area contributed by atoms with E-state index >= 15 is 0 Å². The van der Waals surface area contributed by atoms with E-state index in [0.29, 0.717) is 0 Å². The molecule has 0 amide bonds. The van der Waals surface area contributed by atoms with Gasteiger partial charge in [-0.2, -0.15) is 0 Å². The van der Waals surface area contributed by atoms with Gasteiger partial charge in [0.1, 0.15) is 5.69 Å². The Morgan fingerprint density at radius 1 is 1.11 bits per heavy atom. The minimum absolute atomic E-state index is 0.151. The number of nitrogens with one attached hydrogen (secondary N) is 1. The second-order valence-corrected chi connectivity index (χ2v) is 3.87. The molecule has 0 bridgehead atoms. The SMILES string of the molecule is Cc1cc(Nc2nccc(C(F)F)n2)cc(C)n1. The smallest absolute Gasteiger partial charge is 0.280 e.